The Bertz CT molecular complexity index is 449. The van der Waals surface area contributed by atoms with Crippen LogP contribution in [-0.4, -0.2) is 9.97 Å². The van der Waals surface area contributed by atoms with Crippen LogP contribution in [0.2, 0.25) is 0 Å². The maximum atomic E-state index is 13.4. The molecule has 1 N–H and O–H groups in total. The van der Waals surface area contributed by atoms with Crippen molar-refractivity contribution in [2.24, 2.45) is 0 Å². The molecule has 0 fully saturated rings. The largest absolute Gasteiger partial charge is 0.351 e. The van der Waals surface area contributed by atoms with Gasteiger partial charge >= 0.3 is 0 Å². The molecule has 1 aromatic carbocycles. The lowest BCUT2D eigenvalue weighted by Crippen LogP contribution is -2.00. The van der Waals surface area contributed by atoms with Crippen molar-refractivity contribution in [2.45, 2.75) is 19.8 Å². The minimum Gasteiger partial charge on any atom is -0.351 e. The summed E-state index contributed by atoms with van der Waals surface area (Å²) < 4.78 is 13.4. The van der Waals surface area contributed by atoms with Crippen LogP contribution < -0.4 is 0 Å². The molecule has 0 bridgehead atoms. The number of imidazole rings is 1. The summed E-state index contributed by atoms with van der Waals surface area (Å²) in [5.74, 6) is -0.0400. The second-order valence-electron chi connectivity index (χ2n) is 3.67. The van der Waals surface area contributed by atoms with Crippen LogP contribution in [0, 0.1) is 12.7 Å². The Labute approximate surface area is 88.2 Å². The lowest BCUT2D eigenvalue weighted by Gasteiger charge is -2.12. The molecule has 2 aromatic rings. The van der Waals surface area contributed by atoms with E-state index in [-0.39, 0.29) is 11.7 Å². The standard InChI is InChI=1S/C12H13FN2/c1-8-10(4-3-5-11(8)13)9(2)12-6-14-7-15-12/h3-7,9H,1-2H3,(H,14,15). The molecule has 0 aliphatic rings. The Kier molecular flexibility index (Phi) is 2.54. The van der Waals surface area contributed by atoms with Crippen molar-refractivity contribution in [3.63, 3.8) is 0 Å². The zero-order chi connectivity index (χ0) is 10.8. The topological polar surface area (TPSA) is 28.7 Å². The van der Waals surface area contributed by atoms with Crippen molar-refractivity contribution in [2.75, 3.05) is 0 Å². The molecule has 1 aromatic heterocycles. The first-order valence-electron chi connectivity index (χ1n) is 4.94. The number of nitrogens with one attached hydrogen (secondary N) is 1. The molecule has 78 valence electrons. The quantitative estimate of drug-likeness (QED) is 0.800. The highest BCUT2D eigenvalue weighted by molar-refractivity contribution is 5.34. The van der Waals surface area contributed by atoms with E-state index in [4.69, 9.17) is 0 Å². The summed E-state index contributed by atoms with van der Waals surface area (Å²) in [6.07, 6.45) is 3.48. The Balaban J connectivity index is 2.42. The normalized spacial score (nSPS) is 12.7. The minimum atomic E-state index is -0.158. The van der Waals surface area contributed by atoms with E-state index < -0.39 is 0 Å². The molecule has 2 nitrogen and oxygen atoms in total. The SMILES string of the molecule is Cc1c(F)cccc1C(C)c1c[nH]cn1. The van der Waals surface area contributed by atoms with Gasteiger partial charge in [0.05, 0.1) is 12.0 Å². The van der Waals surface area contributed by atoms with Crippen LogP contribution in [0.5, 0.6) is 0 Å². The predicted molar refractivity (Wildman–Crippen MR) is 57.2 cm³/mol. The van der Waals surface area contributed by atoms with Crippen LogP contribution in [-0.2, 0) is 0 Å². The average Bonchev–Trinajstić information content (AvgIpc) is 2.74. The molecule has 0 amide bonds. The van der Waals surface area contributed by atoms with Gasteiger partial charge in [0.15, 0.2) is 0 Å². The van der Waals surface area contributed by atoms with Crippen LogP contribution in [0.1, 0.15) is 29.7 Å². The molecular weight excluding hydrogens is 191 g/mol. The highest BCUT2D eigenvalue weighted by Crippen LogP contribution is 2.26. The van der Waals surface area contributed by atoms with E-state index in [1.54, 1.807) is 19.3 Å². The first-order valence-corrected chi connectivity index (χ1v) is 4.94. The van der Waals surface area contributed by atoms with Gasteiger partial charge in [0.2, 0.25) is 0 Å². The third-order valence-corrected chi connectivity index (χ3v) is 2.74. The minimum absolute atomic E-state index is 0.118. The van der Waals surface area contributed by atoms with Crippen molar-refractivity contribution in [3.05, 3.63) is 53.4 Å². The van der Waals surface area contributed by atoms with E-state index in [2.05, 4.69) is 9.97 Å². The molecule has 3 heteroatoms. The summed E-state index contributed by atoms with van der Waals surface area (Å²) >= 11 is 0. The number of aromatic amines is 1. The summed E-state index contributed by atoms with van der Waals surface area (Å²) in [4.78, 5) is 7.09. The van der Waals surface area contributed by atoms with Gasteiger partial charge in [-0.15, -0.1) is 0 Å². The van der Waals surface area contributed by atoms with Gasteiger partial charge in [-0.1, -0.05) is 19.1 Å². The number of nitrogens with zero attached hydrogens (tertiary/aromatic N) is 1. The molecule has 0 saturated heterocycles. The smallest absolute Gasteiger partial charge is 0.126 e. The van der Waals surface area contributed by atoms with Gasteiger partial charge in [0.1, 0.15) is 5.82 Å². The van der Waals surface area contributed by atoms with E-state index in [0.29, 0.717) is 5.56 Å². The fraction of sp³-hybridized carbons (Fsp3) is 0.250. The molecule has 1 atom stereocenters. The number of halogens is 1. The lowest BCUT2D eigenvalue weighted by atomic mass is 9.94. The summed E-state index contributed by atoms with van der Waals surface area (Å²) in [5.41, 5.74) is 2.62. The zero-order valence-corrected chi connectivity index (χ0v) is 8.79. The predicted octanol–water partition coefficient (Wildman–Crippen LogP) is 3.01. The van der Waals surface area contributed by atoms with Gasteiger partial charge in [-0.05, 0) is 24.1 Å². The van der Waals surface area contributed by atoms with E-state index in [1.807, 2.05) is 19.2 Å². The van der Waals surface area contributed by atoms with Crippen molar-refractivity contribution < 1.29 is 4.39 Å². The van der Waals surface area contributed by atoms with Crippen LogP contribution >= 0.6 is 0 Å². The highest BCUT2D eigenvalue weighted by atomic mass is 19.1. The number of hydrogen-bond donors (Lipinski definition) is 1. The van der Waals surface area contributed by atoms with E-state index in [1.165, 1.54) is 6.07 Å². The van der Waals surface area contributed by atoms with Crippen LogP contribution in [0.25, 0.3) is 0 Å². The van der Waals surface area contributed by atoms with Gasteiger partial charge in [-0.25, -0.2) is 9.37 Å². The van der Waals surface area contributed by atoms with E-state index in [9.17, 15) is 4.39 Å². The number of H-pyrrole nitrogens is 1. The molecule has 0 spiro atoms. The number of rotatable bonds is 2. The summed E-state index contributed by atoms with van der Waals surface area (Å²) in [7, 11) is 0. The van der Waals surface area contributed by atoms with Crippen molar-refractivity contribution >= 4 is 0 Å². The first kappa shape index (κ1) is 9.90. The fourth-order valence-corrected chi connectivity index (χ4v) is 1.76. The number of benzene rings is 1. The van der Waals surface area contributed by atoms with Crippen LogP contribution in [0.4, 0.5) is 4.39 Å². The monoisotopic (exact) mass is 204 g/mol. The van der Waals surface area contributed by atoms with Gasteiger partial charge in [0.25, 0.3) is 0 Å². The summed E-state index contributed by atoms with van der Waals surface area (Å²) in [6, 6.07) is 5.16. The Hall–Kier alpha value is -1.64. The maximum absolute atomic E-state index is 13.4. The Morgan fingerprint density at radius 3 is 2.87 bits per heavy atom. The van der Waals surface area contributed by atoms with Crippen LogP contribution in [0.3, 0.4) is 0 Å². The van der Waals surface area contributed by atoms with Crippen LogP contribution in [0.15, 0.2) is 30.7 Å². The van der Waals surface area contributed by atoms with E-state index in [0.717, 1.165) is 11.3 Å². The molecule has 0 aliphatic carbocycles. The average molecular weight is 204 g/mol. The van der Waals surface area contributed by atoms with Gasteiger partial charge in [-0.2, -0.15) is 0 Å². The van der Waals surface area contributed by atoms with Crippen molar-refractivity contribution in [3.8, 4) is 0 Å². The summed E-state index contributed by atoms with van der Waals surface area (Å²) in [5, 5.41) is 0. The molecule has 15 heavy (non-hydrogen) atoms. The van der Waals surface area contributed by atoms with Crippen molar-refractivity contribution in [1.29, 1.82) is 0 Å². The molecule has 0 radical (unpaired) electrons. The highest BCUT2D eigenvalue weighted by Gasteiger charge is 2.14. The molecule has 0 aliphatic heterocycles. The fourth-order valence-electron chi connectivity index (χ4n) is 1.76. The number of aromatic nitrogens is 2. The molecule has 0 saturated carbocycles. The lowest BCUT2D eigenvalue weighted by molar-refractivity contribution is 0.613. The van der Waals surface area contributed by atoms with Crippen molar-refractivity contribution in [1.82, 2.24) is 9.97 Å². The molecular formula is C12H13FN2. The zero-order valence-electron chi connectivity index (χ0n) is 8.79. The molecule has 1 unspecified atom stereocenters. The summed E-state index contributed by atoms with van der Waals surface area (Å²) in [6.45, 7) is 3.83. The Morgan fingerprint density at radius 1 is 1.40 bits per heavy atom. The second-order valence-corrected chi connectivity index (χ2v) is 3.67. The molecule has 2 rings (SSSR count). The second kappa shape index (κ2) is 3.85. The Morgan fingerprint density at radius 2 is 2.20 bits per heavy atom. The van der Waals surface area contributed by atoms with Gasteiger partial charge in [-0.3, -0.25) is 0 Å². The maximum Gasteiger partial charge on any atom is 0.126 e. The van der Waals surface area contributed by atoms with Gasteiger partial charge in [0, 0.05) is 12.1 Å². The third-order valence-electron chi connectivity index (χ3n) is 2.74. The van der Waals surface area contributed by atoms with E-state index >= 15 is 0 Å². The number of hydrogen-bond acceptors (Lipinski definition) is 1. The molecule has 1 heterocycles. The third kappa shape index (κ3) is 1.77. The first-order chi connectivity index (χ1) is 7.20. The van der Waals surface area contributed by atoms with Gasteiger partial charge < -0.3 is 4.98 Å².